The molecule has 7 heteroatoms. The molecule has 0 aliphatic carbocycles. The van der Waals surface area contributed by atoms with Crippen molar-refractivity contribution >= 4 is 11.8 Å². The molecule has 1 atom stereocenters. The van der Waals surface area contributed by atoms with Crippen LogP contribution in [-0.2, 0) is 10.3 Å². The number of hydrogen-bond acceptors (Lipinski definition) is 6. The third kappa shape index (κ3) is 5.00. The van der Waals surface area contributed by atoms with E-state index < -0.39 is 5.60 Å². The summed E-state index contributed by atoms with van der Waals surface area (Å²) in [6.45, 7) is 3.22. The number of aliphatic hydroxyl groups is 1. The summed E-state index contributed by atoms with van der Waals surface area (Å²) in [5, 5.41) is 11.1. The molecule has 0 saturated carbocycles. The Balaban J connectivity index is 1.21. The van der Waals surface area contributed by atoms with Gasteiger partial charge in [-0.3, -0.25) is 4.90 Å². The number of piperidine rings is 1. The highest BCUT2D eigenvalue weighted by Gasteiger charge is 2.35. The van der Waals surface area contributed by atoms with Crippen LogP contribution in [0.3, 0.4) is 0 Å². The Hall–Kier alpha value is -2.77. The molecule has 32 heavy (non-hydrogen) atoms. The molecule has 2 aromatic carbocycles. The first-order valence-electron chi connectivity index (χ1n) is 11.2. The average Bonchev–Trinajstić information content (AvgIpc) is 3.20. The summed E-state index contributed by atoms with van der Waals surface area (Å²) in [7, 11) is 3.27. The zero-order chi connectivity index (χ0) is 22.6. The van der Waals surface area contributed by atoms with E-state index in [9.17, 15) is 9.90 Å². The summed E-state index contributed by atoms with van der Waals surface area (Å²) in [6, 6.07) is 15.2. The number of likely N-dealkylation sites (tertiary alicyclic amines) is 1. The van der Waals surface area contributed by atoms with Crippen LogP contribution in [0.2, 0.25) is 0 Å². The van der Waals surface area contributed by atoms with Crippen LogP contribution < -0.4 is 14.4 Å². The van der Waals surface area contributed by atoms with Crippen LogP contribution in [0.4, 0.5) is 10.5 Å². The largest absolute Gasteiger partial charge is 0.497 e. The van der Waals surface area contributed by atoms with Crippen LogP contribution in [0.15, 0.2) is 48.5 Å². The number of carbonyl (C=O) groups is 1. The fourth-order valence-electron chi connectivity index (χ4n) is 4.52. The molecule has 7 nitrogen and oxygen atoms in total. The van der Waals surface area contributed by atoms with Crippen molar-refractivity contribution in [3.05, 3.63) is 54.1 Å². The molecule has 2 saturated heterocycles. The summed E-state index contributed by atoms with van der Waals surface area (Å²) < 4.78 is 16.0. The lowest BCUT2D eigenvalue weighted by Crippen LogP contribution is -2.43. The van der Waals surface area contributed by atoms with Crippen LogP contribution in [0, 0.1) is 0 Å². The minimum absolute atomic E-state index is 0.0920. The molecule has 0 radical (unpaired) electrons. The van der Waals surface area contributed by atoms with Crippen molar-refractivity contribution < 1.29 is 24.1 Å². The van der Waals surface area contributed by atoms with E-state index in [-0.39, 0.29) is 12.2 Å². The number of carbonyl (C=O) groups excluding carboxylic acids is 1. The SMILES string of the molecule is COc1ccc(N2CC(CCCN3CCC(O)(c4ccc(OC)cc4)CC3)OC2=O)cc1. The number of methoxy groups -OCH3 is 2. The fourth-order valence-corrected chi connectivity index (χ4v) is 4.52. The van der Waals surface area contributed by atoms with Crippen molar-refractivity contribution in [3.63, 3.8) is 0 Å². The number of benzene rings is 2. The van der Waals surface area contributed by atoms with Crippen molar-refractivity contribution in [2.45, 2.75) is 37.4 Å². The smallest absolute Gasteiger partial charge is 0.414 e. The first-order chi connectivity index (χ1) is 15.5. The van der Waals surface area contributed by atoms with Crippen LogP contribution >= 0.6 is 0 Å². The Morgan fingerprint density at radius 3 is 2.19 bits per heavy atom. The van der Waals surface area contributed by atoms with Crippen LogP contribution in [0.5, 0.6) is 11.5 Å². The van der Waals surface area contributed by atoms with Gasteiger partial charge in [0.05, 0.1) is 26.4 Å². The molecular weight excluding hydrogens is 408 g/mol. The normalized spacial score (nSPS) is 20.8. The van der Waals surface area contributed by atoms with Crippen LogP contribution in [0.1, 0.15) is 31.2 Å². The molecule has 172 valence electrons. The van der Waals surface area contributed by atoms with E-state index in [0.717, 1.165) is 55.2 Å². The van der Waals surface area contributed by atoms with Crippen LogP contribution in [0.25, 0.3) is 0 Å². The van der Waals surface area contributed by atoms with Gasteiger partial charge >= 0.3 is 6.09 Å². The van der Waals surface area contributed by atoms with Crippen molar-refractivity contribution in [1.29, 1.82) is 0 Å². The molecule has 2 aliphatic heterocycles. The van der Waals surface area contributed by atoms with E-state index in [2.05, 4.69) is 4.90 Å². The second kappa shape index (κ2) is 9.79. The molecule has 0 spiro atoms. The topological polar surface area (TPSA) is 71.5 Å². The predicted molar refractivity (Wildman–Crippen MR) is 122 cm³/mol. The zero-order valence-electron chi connectivity index (χ0n) is 18.8. The van der Waals surface area contributed by atoms with Crippen LogP contribution in [-0.4, -0.2) is 62.6 Å². The minimum atomic E-state index is -0.775. The monoisotopic (exact) mass is 440 g/mol. The lowest BCUT2D eigenvalue weighted by molar-refractivity contribution is -0.0265. The molecule has 1 unspecified atom stereocenters. The van der Waals surface area contributed by atoms with Gasteiger partial charge in [0, 0.05) is 18.8 Å². The van der Waals surface area contributed by atoms with Gasteiger partial charge in [0.25, 0.3) is 0 Å². The molecule has 2 heterocycles. The average molecular weight is 441 g/mol. The summed E-state index contributed by atoms with van der Waals surface area (Å²) in [6.07, 6.45) is 2.83. The number of nitrogens with zero attached hydrogens (tertiary/aromatic N) is 2. The molecule has 2 fully saturated rings. The van der Waals surface area contributed by atoms with Crippen molar-refractivity contribution in [3.8, 4) is 11.5 Å². The Labute approximate surface area is 189 Å². The van der Waals surface area contributed by atoms with E-state index in [4.69, 9.17) is 14.2 Å². The Morgan fingerprint density at radius 2 is 1.59 bits per heavy atom. The number of ether oxygens (including phenoxy) is 3. The van der Waals surface area contributed by atoms with E-state index >= 15 is 0 Å². The van der Waals surface area contributed by atoms with Gasteiger partial charge in [-0.25, -0.2) is 4.79 Å². The second-order valence-electron chi connectivity index (χ2n) is 8.56. The first-order valence-corrected chi connectivity index (χ1v) is 11.2. The number of anilines is 1. The second-order valence-corrected chi connectivity index (χ2v) is 8.56. The molecule has 0 bridgehead atoms. The first kappa shape index (κ1) is 22.4. The zero-order valence-corrected chi connectivity index (χ0v) is 18.8. The predicted octanol–water partition coefficient (Wildman–Crippen LogP) is 3.79. The van der Waals surface area contributed by atoms with Gasteiger partial charge in [0.1, 0.15) is 17.6 Å². The standard InChI is InChI=1S/C25H32N2O5/c1-30-21-9-5-19(6-10-21)25(29)13-16-26(17-14-25)15-3-4-23-18-27(24(28)32-23)20-7-11-22(31-2)12-8-20/h5-12,23,29H,3-4,13-18H2,1-2H3. The van der Waals surface area contributed by atoms with E-state index in [0.29, 0.717) is 19.4 Å². The summed E-state index contributed by atoms with van der Waals surface area (Å²) in [4.78, 5) is 16.3. The Bertz CT molecular complexity index is 892. The van der Waals surface area contributed by atoms with Gasteiger partial charge < -0.3 is 24.2 Å². The molecule has 0 aromatic heterocycles. The van der Waals surface area contributed by atoms with E-state index in [1.54, 1.807) is 19.1 Å². The highest BCUT2D eigenvalue weighted by atomic mass is 16.6. The van der Waals surface area contributed by atoms with Gasteiger partial charge in [-0.1, -0.05) is 12.1 Å². The highest BCUT2D eigenvalue weighted by Crippen LogP contribution is 2.34. The molecule has 2 aliphatic rings. The van der Waals surface area contributed by atoms with Gasteiger partial charge in [-0.2, -0.15) is 0 Å². The maximum absolute atomic E-state index is 12.3. The minimum Gasteiger partial charge on any atom is -0.497 e. The van der Waals surface area contributed by atoms with Crippen molar-refractivity contribution in [1.82, 2.24) is 4.90 Å². The lowest BCUT2D eigenvalue weighted by atomic mass is 9.84. The lowest BCUT2D eigenvalue weighted by Gasteiger charge is -2.38. The number of amides is 1. The maximum Gasteiger partial charge on any atom is 0.414 e. The summed E-state index contributed by atoms with van der Waals surface area (Å²) in [5.74, 6) is 1.56. The van der Waals surface area contributed by atoms with Gasteiger partial charge in [-0.15, -0.1) is 0 Å². The van der Waals surface area contributed by atoms with E-state index in [1.807, 2.05) is 48.5 Å². The van der Waals surface area contributed by atoms with Gasteiger partial charge in [0.2, 0.25) is 0 Å². The molecule has 4 rings (SSSR count). The van der Waals surface area contributed by atoms with Crippen molar-refractivity contribution in [2.24, 2.45) is 0 Å². The van der Waals surface area contributed by atoms with Crippen molar-refractivity contribution in [2.75, 3.05) is 45.3 Å². The van der Waals surface area contributed by atoms with E-state index in [1.165, 1.54) is 0 Å². The Kier molecular flexibility index (Phi) is 6.86. The summed E-state index contributed by atoms with van der Waals surface area (Å²) >= 11 is 0. The quantitative estimate of drug-likeness (QED) is 0.673. The maximum atomic E-state index is 12.3. The molecule has 2 aromatic rings. The number of rotatable bonds is 8. The molecule has 1 N–H and O–H groups in total. The fraction of sp³-hybridized carbons (Fsp3) is 0.480. The highest BCUT2D eigenvalue weighted by molar-refractivity contribution is 5.89. The number of cyclic esters (lactones) is 1. The summed E-state index contributed by atoms with van der Waals surface area (Å²) in [5.41, 5.74) is 1.00. The Morgan fingerprint density at radius 1 is 1.00 bits per heavy atom. The molecular formula is C25H32N2O5. The molecule has 1 amide bonds. The number of hydrogen-bond donors (Lipinski definition) is 1. The van der Waals surface area contributed by atoms with Gasteiger partial charge in [0.15, 0.2) is 0 Å². The van der Waals surface area contributed by atoms with Gasteiger partial charge in [-0.05, 0) is 74.2 Å². The third-order valence-electron chi connectivity index (χ3n) is 6.57. The third-order valence-corrected chi connectivity index (χ3v) is 6.57.